The number of hydrogen-bond acceptors (Lipinski definition) is 11. The van der Waals surface area contributed by atoms with Crippen LogP contribution in [0.5, 0.6) is 0 Å². The third-order valence-electron chi connectivity index (χ3n) is 5.90. The van der Waals surface area contributed by atoms with Gasteiger partial charge >= 0.3 is 21.3 Å². The monoisotopic (exact) mass is 681 g/mol. The molecule has 0 aromatic carbocycles. The summed E-state index contributed by atoms with van der Waals surface area (Å²) in [5, 5.41) is 10.8. The molecule has 0 amide bonds. The highest BCUT2D eigenvalue weighted by Gasteiger charge is 2.48. The van der Waals surface area contributed by atoms with E-state index in [1.165, 1.54) is 6.20 Å². The molecule has 19 heteroatoms. The second-order valence-corrected chi connectivity index (χ2v) is 15.2. The van der Waals surface area contributed by atoms with E-state index >= 15 is 0 Å². The molecule has 1 saturated heterocycles. The molecular formula is C24H35N3O12P4. The maximum atomic E-state index is 13.4. The summed E-state index contributed by atoms with van der Waals surface area (Å²) >= 11 is 0. The van der Waals surface area contributed by atoms with Crippen LogP contribution in [0.1, 0.15) is 63.2 Å². The van der Waals surface area contributed by atoms with Crippen LogP contribution in [0.2, 0.25) is 0 Å². The summed E-state index contributed by atoms with van der Waals surface area (Å²) < 4.78 is 43.8. The fraction of sp³-hybridized carbons (Fsp3) is 0.583. The van der Waals surface area contributed by atoms with Gasteiger partial charge in [0, 0.05) is 37.5 Å². The average molecular weight is 681 g/mol. The van der Waals surface area contributed by atoms with Crippen LogP contribution in [0, 0.1) is 36.5 Å². The standard InChI is InChI=1S/C24H35N3O12P4/c1-3-5-7-9-10-11-13-18-17-27(24(29)26-22(18)25)23-21(40)20(28)19(37-23)14-16-41(30,36-15-12-8-6-4-2)38-43(34,35)39-42(31,32)33/h1-2,17,19-21,23,28H,5-10,12,14-16,40H2,(H,34,35)(H2,25,26,29)(H2,31,32,33)/t19-,20+,21?,23-,41?/m1/s1. The predicted molar refractivity (Wildman–Crippen MR) is 160 cm³/mol. The third-order valence-corrected chi connectivity index (χ3v) is 11.5. The van der Waals surface area contributed by atoms with Crippen molar-refractivity contribution in [2.75, 3.05) is 18.5 Å². The second kappa shape index (κ2) is 17.1. The van der Waals surface area contributed by atoms with E-state index in [4.69, 9.17) is 37.6 Å². The first-order valence-corrected chi connectivity index (χ1v) is 18.4. The number of nitrogens with zero attached hydrogens (tertiary/aromatic N) is 2. The maximum absolute atomic E-state index is 13.4. The number of aliphatic hydroxyl groups is 1. The highest BCUT2D eigenvalue weighted by Crippen LogP contribution is 2.70. The van der Waals surface area contributed by atoms with Crippen LogP contribution in [0.4, 0.5) is 5.82 Å². The zero-order valence-electron chi connectivity index (χ0n) is 23.1. The summed E-state index contributed by atoms with van der Waals surface area (Å²) in [5.41, 5.74) is 4.58. The number of anilines is 1. The molecule has 0 radical (unpaired) electrons. The maximum Gasteiger partial charge on any atom is 0.517 e. The number of unbranched alkanes of at least 4 members (excludes halogenated alkanes) is 5. The first kappa shape index (κ1) is 37.5. The zero-order chi connectivity index (χ0) is 32.3. The molecule has 0 bridgehead atoms. The lowest BCUT2D eigenvalue weighted by molar-refractivity contribution is -0.212. The minimum atomic E-state index is -5.56. The molecule has 1 aromatic heterocycles. The van der Waals surface area contributed by atoms with Gasteiger partial charge in [-0.05, 0) is 25.7 Å². The van der Waals surface area contributed by atoms with Gasteiger partial charge in [-0.1, -0.05) is 11.8 Å². The Morgan fingerprint density at radius 3 is 2.42 bits per heavy atom. The normalized spacial score (nSPS) is 22.9. The lowest BCUT2D eigenvalue weighted by Gasteiger charge is -2.29. The lowest BCUT2D eigenvalue weighted by atomic mass is 10.1. The molecule has 1 aliphatic heterocycles. The van der Waals surface area contributed by atoms with Gasteiger partial charge in [0.1, 0.15) is 18.2 Å². The van der Waals surface area contributed by atoms with Crippen molar-refractivity contribution < 1.29 is 51.7 Å². The zero-order valence-corrected chi connectivity index (χ0v) is 26.9. The van der Waals surface area contributed by atoms with Crippen molar-refractivity contribution in [3.63, 3.8) is 0 Å². The second-order valence-electron chi connectivity index (χ2n) is 9.32. The van der Waals surface area contributed by atoms with Gasteiger partial charge in [0.25, 0.3) is 7.94 Å². The number of nitrogens with two attached hydrogens (primary N) is 1. The summed E-state index contributed by atoms with van der Waals surface area (Å²) in [6.45, 7) is -0.238. The van der Waals surface area contributed by atoms with Gasteiger partial charge in [-0.3, -0.25) is 4.57 Å². The fourth-order valence-electron chi connectivity index (χ4n) is 3.87. The number of nitrogen functional groups attached to an aromatic ring is 1. The molecule has 238 valence electrons. The number of terminal acetylenes is 2. The summed E-state index contributed by atoms with van der Waals surface area (Å²) in [6, 6.07) is 0. The molecule has 15 nitrogen and oxygen atoms in total. The van der Waals surface area contributed by atoms with E-state index in [0.717, 1.165) is 17.4 Å². The highest BCUT2D eigenvalue weighted by molar-refractivity contribution is 7.70. The number of aromatic nitrogens is 2. The first-order chi connectivity index (χ1) is 20.1. The van der Waals surface area contributed by atoms with E-state index < -0.39 is 59.5 Å². The first-order valence-electron chi connectivity index (χ1n) is 13.0. The smallest absolute Gasteiger partial charge is 0.517 e. The molecule has 4 unspecified atom stereocenters. The molecule has 7 atom stereocenters. The van der Waals surface area contributed by atoms with Gasteiger partial charge in [0.05, 0.1) is 24.4 Å². The van der Waals surface area contributed by atoms with Gasteiger partial charge in [0.15, 0.2) is 0 Å². The van der Waals surface area contributed by atoms with E-state index in [0.29, 0.717) is 25.7 Å². The SMILES string of the molecule is C#CCCCCC#Cc1cn([C@@H]2O[C@H](CC[P+]([O-])(OCCCCC#C)OP(=O)(O)OP(=O)(O)O)[C@H](O)C2P)c(=O)nc1N. The molecule has 1 fully saturated rings. The Kier molecular flexibility index (Phi) is 14.9. The summed E-state index contributed by atoms with van der Waals surface area (Å²) in [4.78, 5) is 57.4. The quantitative estimate of drug-likeness (QED) is 0.0943. The van der Waals surface area contributed by atoms with Gasteiger partial charge < -0.3 is 35.2 Å². The van der Waals surface area contributed by atoms with Crippen LogP contribution < -0.4 is 16.3 Å². The lowest BCUT2D eigenvalue weighted by Crippen LogP contribution is -2.33. The van der Waals surface area contributed by atoms with E-state index in [1.807, 2.05) is 0 Å². The predicted octanol–water partition coefficient (Wildman–Crippen LogP) is 1.43. The summed E-state index contributed by atoms with van der Waals surface area (Å²) in [6.07, 6.45) is 11.3. The van der Waals surface area contributed by atoms with Gasteiger partial charge in [0.2, 0.25) is 0 Å². The van der Waals surface area contributed by atoms with Crippen molar-refractivity contribution in [2.24, 2.45) is 0 Å². The summed E-state index contributed by atoms with van der Waals surface area (Å²) in [7, 11) is -13.3. The Morgan fingerprint density at radius 1 is 1.16 bits per heavy atom. The largest absolute Gasteiger partial charge is 0.631 e. The molecule has 0 saturated carbocycles. The van der Waals surface area contributed by atoms with Crippen LogP contribution in [-0.2, 0) is 27.0 Å². The molecule has 43 heavy (non-hydrogen) atoms. The van der Waals surface area contributed by atoms with Crippen LogP contribution in [-0.4, -0.2) is 60.0 Å². The van der Waals surface area contributed by atoms with Gasteiger partial charge in [-0.2, -0.15) is 9.29 Å². The Bertz CT molecular complexity index is 1390. The van der Waals surface area contributed by atoms with E-state index in [2.05, 4.69) is 46.5 Å². The molecular weight excluding hydrogens is 646 g/mol. The van der Waals surface area contributed by atoms with Crippen molar-refractivity contribution in [1.82, 2.24) is 9.55 Å². The Morgan fingerprint density at radius 2 is 1.79 bits per heavy atom. The molecule has 2 heterocycles. The van der Waals surface area contributed by atoms with Crippen molar-refractivity contribution in [1.29, 1.82) is 0 Å². The van der Waals surface area contributed by atoms with E-state index in [1.54, 1.807) is 0 Å². The van der Waals surface area contributed by atoms with Crippen molar-refractivity contribution >= 4 is 38.6 Å². The van der Waals surface area contributed by atoms with E-state index in [-0.39, 0.29) is 30.8 Å². The number of phosphoric acid groups is 2. The molecule has 6 N–H and O–H groups in total. The van der Waals surface area contributed by atoms with E-state index in [9.17, 15) is 28.8 Å². The number of aliphatic hydroxyl groups excluding tert-OH is 1. The number of ether oxygens (including phenoxy) is 1. The molecule has 0 spiro atoms. The molecule has 1 aromatic rings. The molecule has 0 aliphatic carbocycles. The third kappa shape index (κ3) is 12.7. The number of hydrogen-bond donors (Lipinski definition) is 5. The van der Waals surface area contributed by atoms with Gasteiger partial charge in [-0.25, -0.2) is 18.4 Å². The highest BCUT2D eigenvalue weighted by atomic mass is 31.3. The van der Waals surface area contributed by atoms with Crippen LogP contribution in [0.15, 0.2) is 11.0 Å². The number of rotatable bonds is 16. The minimum Gasteiger partial charge on any atom is -0.631 e. The minimum absolute atomic E-state index is 0.0868. The van der Waals surface area contributed by atoms with Crippen molar-refractivity contribution in [2.45, 2.75) is 75.5 Å². The topological polar surface area (TPSA) is 236 Å². The summed E-state index contributed by atoms with van der Waals surface area (Å²) in [5.74, 6) is 10.7. The van der Waals surface area contributed by atoms with Crippen molar-refractivity contribution in [3.05, 3.63) is 22.2 Å². The van der Waals surface area contributed by atoms with Gasteiger partial charge in [-0.15, -0.1) is 38.2 Å². The Hall–Kier alpha value is -1.68. The van der Waals surface area contributed by atoms with Crippen LogP contribution in [0.25, 0.3) is 0 Å². The average Bonchev–Trinajstić information content (AvgIpc) is 3.17. The Balaban J connectivity index is 2.19. The Labute approximate surface area is 252 Å². The van der Waals surface area contributed by atoms with Crippen LogP contribution >= 0.6 is 32.8 Å². The molecule has 1 aliphatic rings. The fourth-order valence-corrected chi connectivity index (χ4v) is 8.74. The molecule has 2 rings (SSSR count). The van der Waals surface area contributed by atoms with Crippen LogP contribution in [0.3, 0.4) is 0 Å². The van der Waals surface area contributed by atoms with Crippen molar-refractivity contribution in [3.8, 4) is 36.5 Å².